The van der Waals surface area contributed by atoms with Gasteiger partial charge in [-0.05, 0) is 26.8 Å². The minimum atomic E-state index is -0.303. The highest BCUT2D eigenvalue weighted by Crippen LogP contribution is 1.98. The lowest BCUT2D eigenvalue weighted by Gasteiger charge is -2.13. The Kier molecular flexibility index (Phi) is 4.34. The molecule has 3 heteroatoms. The summed E-state index contributed by atoms with van der Waals surface area (Å²) in [6.07, 6.45) is 1.45. The molecule has 3 nitrogen and oxygen atoms in total. The van der Waals surface area contributed by atoms with Gasteiger partial charge in [-0.3, -0.25) is 0 Å². The third kappa shape index (κ3) is 3.65. The van der Waals surface area contributed by atoms with Crippen LogP contribution in [0.3, 0.4) is 0 Å². The molecule has 0 fully saturated rings. The first-order chi connectivity index (χ1) is 5.11. The summed E-state index contributed by atoms with van der Waals surface area (Å²) in [6, 6.07) is 0. The summed E-state index contributed by atoms with van der Waals surface area (Å²) in [5.41, 5.74) is 0. The van der Waals surface area contributed by atoms with E-state index < -0.39 is 0 Å². The average Bonchev–Trinajstić information content (AvgIpc) is 2.02. The summed E-state index contributed by atoms with van der Waals surface area (Å²) in [4.78, 5) is 12.5. The van der Waals surface area contributed by atoms with Gasteiger partial charge in [0.2, 0.25) is 0 Å². The zero-order chi connectivity index (χ0) is 8.85. The maximum Gasteiger partial charge on any atom is 0.414 e. The third-order valence-electron chi connectivity index (χ3n) is 1.44. The van der Waals surface area contributed by atoms with Crippen LogP contribution in [0.1, 0.15) is 20.8 Å². The van der Waals surface area contributed by atoms with Crippen LogP contribution < -0.4 is 0 Å². The van der Waals surface area contributed by atoms with Crippen molar-refractivity contribution in [2.75, 3.05) is 13.6 Å². The van der Waals surface area contributed by atoms with Crippen molar-refractivity contribution in [2.45, 2.75) is 20.8 Å². The second kappa shape index (κ2) is 4.77. The molecule has 64 valence electrons. The molecule has 0 aromatic rings. The van der Waals surface area contributed by atoms with Crippen LogP contribution >= 0.6 is 0 Å². The molecule has 0 saturated carbocycles. The number of allylic oxidation sites excluding steroid dienone is 2. The van der Waals surface area contributed by atoms with Gasteiger partial charge < -0.3 is 9.64 Å². The van der Waals surface area contributed by atoms with Gasteiger partial charge in [0.1, 0.15) is 5.76 Å². The van der Waals surface area contributed by atoms with Gasteiger partial charge in [-0.25, -0.2) is 4.79 Å². The molecular weight excluding hydrogens is 142 g/mol. The Labute approximate surface area is 67.6 Å². The number of carbonyl (C=O) groups is 1. The molecule has 0 aliphatic carbocycles. The molecule has 0 spiro atoms. The van der Waals surface area contributed by atoms with Gasteiger partial charge in [-0.2, -0.15) is 0 Å². The van der Waals surface area contributed by atoms with Crippen molar-refractivity contribution in [1.82, 2.24) is 4.90 Å². The highest BCUT2D eigenvalue weighted by atomic mass is 16.6. The summed E-state index contributed by atoms with van der Waals surface area (Å²) in [5, 5.41) is 0. The minimum absolute atomic E-state index is 0.303. The lowest BCUT2D eigenvalue weighted by Crippen LogP contribution is -2.26. The lowest BCUT2D eigenvalue weighted by molar-refractivity contribution is 0.140. The first-order valence-electron chi connectivity index (χ1n) is 3.67. The second-order valence-electron chi connectivity index (χ2n) is 2.28. The van der Waals surface area contributed by atoms with E-state index in [4.69, 9.17) is 4.74 Å². The maximum atomic E-state index is 11.0. The van der Waals surface area contributed by atoms with Gasteiger partial charge in [-0.15, -0.1) is 0 Å². The molecular formula is C8H15NO2. The third-order valence-corrected chi connectivity index (χ3v) is 1.44. The summed E-state index contributed by atoms with van der Waals surface area (Å²) < 4.78 is 4.90. The van der Waals surface area contributed by atoms with E-state index in [2.05, 4.69) is 0 Å². The standard InChI is InChI=1S/C8H15NO2/c1-5-7(3)11-8(10)9(4)6-2/h5H,6H2,1-4H3/b7-5+. The van der Waals surface area contributed by atoms with Crippen LogP contribution in [0.15, 0.2) is 11.8 Å². The Bertz CT molecular complexity index is 163. The van der Waals surface area contributed by atoms with Crippen molar-refractivity contribution >= 4 is 6.09 Å². The van der Waals surface area contributed by atoms with Crippen LogP contribution in [-0.2, 0) is 4.74 Å². The predicted octanol–water partition coefficient (Wildman–Crippen LogP) is 2.00. The summed E-state index contributed by atoms with van der Waals surface area (Å²) in [5.74, 6) is 0.635. The fourth-order valence-corrected chi connectivity index (χ4v) is 0.404. The number of carbonyl (C=O) groups excluding carboxylic acids is 1. The topological polar surface area (TPSA) is 29.5 Å². The van der Waals surface area contributed by atoms with E-state index in [1.807, 2.05) is 13.8 Å². The predicted molar refractivity (Wildman–Crippen MR) is 44.2 cm³/mol. The molecule has 1 amide bonds. The first kappa shape index (κ1) is 10.0. The van der Waals surface area contributed by atoms with Crippen molar-refractivity contribution in [2.24, 2.45) is 0 Å². The van der Waals surface area contributed by atoms with Gasteiger partial charge in [0.05, 0.1) is 0 Å². The molecule has 11 heavy (non-hydrogen) atoms. The molecule has 0 aliphatic rings. The number of nitrogens with zero attached hydrogens (tertiary/aromatic N) is 1. The van der Waals surface area contributed by atoms with Crippen LogP contribution in [0.4, 0.5) is 4.79 Å². The van der Waals surface area contributed by atoms with Gasteiger partial charge in [-0.1, -0.05) is 0 Å². The van der Waals surface area contributed by atoms with E-state index in [9.17, 15) is 4.79 Å². The molecule has 0 aromatic heterocycles. The number of hydrogen-bond acceptors (Lipinski definition) is 2. The molecule has 0 N–H and O–H groups in total. The highest BCUT2D eigenvalue weighted by molar-refractivity contribution is 5.68. The largest absolute Gasteiger partial charge is 0.415 e. The Balaban J connectivity index is 3.87. The SMILES string of the molecule is C/C=C(\C)OC(=O)N(C)CC. The van der Waals surface area contributed by atoms with E-state index >= 15 is 0 Å². The summed E-state index contributed by atoms with van der Waals surface area (Å²) in [6.45, 7) is 6.14. The van der Waals surface area contributed by atoms with Gasteiger partial charge in [0.15, 0.2) is 0 Å². The van der Waals surface area contributed by atoms with Crippen LogP contribution in [0.5, 0.6) is 0 Å². The fraction of sp³-hybridized carbons (Fsp3) is 0.625. The Morgan fingerprint density at radius 3 is 2.55 bits per heavy atom. The molecule has 0 aromatic carbocycles. The number of rotatable bonds is 2. The van der Waals surface area contributed by atoms with E-state index in [0.717, 1.165) is 0 Å². The summed E-state index contributed by atoms with van der Waals surface area (Å²) in [7, 11) is 1.70. The Morgan fingerprint density at radius 2 is 2.18 bits per heavy atom. The fourth-order valence-electron chi connectivity index (χ4n) is 0.404. The molecule has 0 atom stereocenters. The van der Waals surface area contributed by atoms with Crippen molar-refractivity contribution in [3.05, 3.63) is 11.8 Å². The van der Waals surface area contributed by atoms with E-state index in [0.29, 0.717) is 12.3 Å². The van der Waals surface area contributed by atoms with Crippen LogP contribution in [0.2, 0.25) is 0 Å². The monoisotopic (exact) mass is 157 g/mol. The number of hydrogen-bond donors (Lipinski definition) is 0. The van der Waals surface area contributed by atoms with Gasteiger partial charge in [0.25, 0.3) is 0 Å². The summed E-state index contributed by atoms with van der Waals surface area (Å²) >= 11 is 0. The quantitative estimate of drug-likeness (QED) is 0.574. The molecule has 0 unspecified atom stereocenters. The minimum Gasteiger partial charge on any atom is -0.415 e. The smallest absolute Gasteiger partial charge is 0.414 e. The van der Waals surface area contributed by atoms with Crippen molar-refractivity contribution in [3.63, 3.8) is 0 Å². The molecule has 0 bridgehead atoms. The first-order valence-corrected chi connectivity index (χ1v) is 3.67. The maximum absolute atomic E-state index is 11.0. The van der Waals surface area contributed by atoms with Crippen LogP contribution in [-0.4, -0.2) is 24.6 Å². The average molecular weight is 157 g/mol. The van der Waals surface area contributed by atoms with Crippen molar-refractivity contribution in [1.29, 1.82) is 0 Å². The van der Waals surface area contributed by atoms with Crippen LogP contribution in [0.25, 0.3) is 0 Å². The van der Waals surface area contributed by atoms with E-state index in [1.54, 1.807) is 20.0 Å². The molecule has 0 heterocycles. The number of ether oxygens (including phenoxy) is 1. The van der Waals surface area contributed by atoms with Crippen LogP contribution in [0, 0.1) is 0 Å². The normalized spacial score (nSPS) is 11.1. The Morgan fingerprint density at radius 1 is 1.64 bits per heavy atom. The van der Waals surface area contributed by atoms with Crippen molar-refractivity contribution in [3.8, 4) is 0 Å². The number of amides is 1. The van der Waals surface area contributed by atoms with E-state index in [-0.39, 0.29) is 6.09 Å². The zero-order valence-electron chi connectivity index (χ0n) is 7.55. The molecule has 0 saturated heterocycles. The highest BCUT2D eigenvalue weighted by Gasteiger charge is 2.06. The molecule has 0 radical (unpaired) electrons. The van der Waals surface area contributed by atoms with Gasteiger partial charge >= 0.3 is 6.09 Å². The van der Waals surface area contributed by atoms with Gasteiger partial charge in [0, 0.05) is 13.6 Å². The molecule has 0 aliphatic heterocycles. The zero-order valence-corrected chi connectivity index (χ0v) is 7.55. The van der Waals surface area contributed by atoms with Crippen molar-refractivity contribution < 1.29 is 9.53 Å². The molecule has 0 rings (SSSR count). The van der Waals surface area contributed by atoms with E-state index in [1.165, 1.54) is 4.90 Å². The lowest BCUT2D eigenvalue weighted by atomic mass is 10.5. The Hall–Kier alpha value is -0.990. The second-order valence-corrected chi connectivity index (χ2v) is 2.28.